The van der Waals surface area contributed by atoms with Crippen molar-refractivity contribution in [2.45, 2.75) is 64.8 Å². The van der Waals surface area contributed by atoms with Crippen molar-refractivity contribution in [1.82, 2.24) is 20.5 Å². The molecular formula is C35H45N5O5. The Morgan fingerprint density at radius 2 is 1.73 bits per heavy atom. The number of rotatable bonds is 15. The summed E-state index contributed by atoms with van der Waals surface area (Å²) in [6, 6.07) is 18.3. The molecule has 4 rings (SSSR count). The van der Waals surface area contributed by atoms with Crippen LogP contribution in [-0.2, 0) is 16.0 Å². The van der Waals surface area contributed by atoms with Crippen LogP contribution in [0.5, 0.6) is 5.75 Å². The highest BCUT2D eigenvalue weighted by atomic mass is 16.5. The van der Waals surface area contributed by atoms with Gasteiger partial charge in [0, 0.05) is 31.4 Å². The predicted molar refractivity (Wildman–Crippen MR) is 173 cm³/mol. The summed E-state index contributed by atoms with van der Waals surface area (Å²) in [5.41, 5.74) is 9.85. The molecule has 0 saturated carbocycles. The van der Waals surface area contributed by atoms with Gasteiger partial charge in [-0.1, -0.05) is 74.5 Å². The van der Waals surface area contributed by atoms with E-state index >= 15 is 0 Å². The second-order valence-corrected chi connectivity index (χ2v) is 12.1. The summed E-state index contributed by atoms with van der Waals surface area (Å²) in [4.78, 5) is 45.9. The summed E-state index contributed by atoms with van der Waals surface area (Å²) in [7, 11) is 0. The number of hydrogen-bond acceptors (Lipinski definition) is 7. The molecular weight excluding hydrogens is 570 g/mol. The lowest BCUT2D eigenvalue weighted by Crippen LogP contribution is -2.54. The van der Waals surface area contributed by atoms with Crippen LogP contribution in [0.25, 0.3) is 0 Å². The van der Waals surface area contributed by atoms with Crippen molar-refractivity contribution >= 4 is 17.7 Å². The lowest BCUT2D eigenvalue weighted by atomic mass is 9.82. The molecule has 5 atom stereocenters. The highest BCUT2D eigenvalue weighted by Crippen LogP contribution is 2.28. The second kappa shape index (κ2) is 15.6. The van der Waals surface area contributed by atoms with Crippen molar-refractivity contribution in [3.05, 3.63) is 95.3 Å². The Kier molecular flexibility index (Phi) is 11.7. The zero-order valence-corrected chi connectivity index (χ0v) is 26.5. The monoisotopic (exact) mass is 615 g/mol. The molecule has 0 radical (unpaired) electrons. The lowest BCUT2D eigenvalue weighted by Gasteiger charge is -2.33. The quantitative estimate of drug-likeness (QED) is 0.205. The molecule has 10 nitrogen and oxygen atoms in total. The molecule has 1 saturated heterocycles. The number of ether oxygens (including phenoxy) is 1. The Morgan fingerprint density at radius 1 is 1.07 bits per heavy atom. The Labute approximate surface area is 265 Å². The van der Waals surface area contributed by atoms with E-state index in [0.29, 0.717) is 36.5 Å². The number of aromatic nitrogens is 1. The molecule has 2 aromatic carbocycles. The number of aliphatic hydroxyl groups excluding tert-OH is 1. The van der Waals surface area contributed by atoms with E-state index in [2.05, 4.69) is 15.6 Å². The Balaban J connectivity index is 1.60. The average molecular weight is 616 g/mol. The van der Waals surface area contributed by atoms with Gasteiger partial charge in [-0.2, -0.15) is 0 Å². The van der Waals surface area contributed by atoms with Gasteiger partial charge < -0.3 is 31.1 Å². The van der Waals surface area contributed by atoms with Gasteiger partial charge in [0.05, 0.1) is 17.7 Å². The number of urea groups is 1. The Bertz CT molecular complexity index is 1410. The fourth-order valence-electron chi connectivity index (χ4n) is 6.05. The van der Waals surface area contributed by atoms with Crippen LogP contribution in [0.15, 0.2) is 72.9 Å². The van der Waals surface area contributed by atoms with Crippen molar-refractivity contribution < 1.29 is 24.2 Å². The van der Waals surface area contributed by atoms with Crippen LogP contribution in [0.2, 0.25) is 0 Å². The van der Waals surface area contributed by atoms with Gasteiger partial charge in [0.2, 0.25) is 5.91 Å². The van der Waals surface area contributed by atoms with E-state index in [-0.39, 0.29) is 36.7 Å². The summed E-state index contributed by atoms with van der Waals surface area (Å²) in [5.74, 6) is -1.32. The molecule has 0 aliphatic carbocycles. The van der Waals surface area contributed by atoms with Gasteiger partial charge in [-0.15, -0.1) is 0 Å². The highest BCUT2D eigenvalue weighted by molar-refractivity contribution is 5.88. The largest absolute Gasteiger partial charge is 0.484 e. The van der Waals surface area contributed by atoms with E-state index < -0.39 is 30.1 Å². The molecule has 1 aliphatic rings. The first kappa shape index (κ1) is 33.6. The van der Waals surface area contributed by atoms with Crippen LogP contribution in [0, 0.1) is 25.7 Å². The normalized spacial score (nSPS) is 16.4. The molecule has 3 aromatic rings. The van der Waals surface area contributed by atoms with Gasteiger partial charge in [0.15, 0.2) is 5.78 Å². The molecule has 2 unspecified atom stereocenters. The number of pyridine rings is 1. The predicted octanol–water partition coefficient (Wildman–Crippen LogP) is 3.49. The first-order valence-corrected chi connectivity index (χ1v) is 15.5. The average Bonchev–Trinajstić information content (AvgIpc) is 3.42. The van der Waals surface area contributed by atoms with Crippen molar-refractivity contribution in [2.75, 3.05) is 19.7 Å². The topological polar surface area (TPSA) is 147 Å². The number of ketones is 1. The number of nitrogens with one attached hydrogen (secondary N) is 2. The zero-order chi connectivity index (χ0) is 32.5. The first-order chi connectivity index (χ1) is 21.6. The maximum atomic E-state index is 13.8. The molecule has 2 heterocycles. The van der Waals surface area contributed by atoms with Gasteiger partial charge in [-0.05, 0) is 55.4 Å². The van der Waals surface area contributed by atoms with E-state index in [1.54, 1.807) is 11.1 Å². The summed E-state index contributed by atoms with van der Waals surface area (Å²) in [6.45, 7) is 8.09. The molecule has 1 aliphatic heterocycles. The lowest BCUT2D eigenvalue weighted by molar-refractivity contribution is -0.130. The van der Waals surface area contributed by atoms with Crippen molar-refractivity contribution in [3.8, 4) is 5.75 Å². The third-order valence-corrected chi connectivity index (χ3v) is 8.32. The van der Waals surface area contributed by atoms with Crippen LogP contribution < -0.4 is 21.1 Å². The van der Waals surface area contributed by atoms with E-state index in [1.165, 1.54) is 0 Å². The number of benzene rings is 2. The van der Waals surface area contributed by atoms with Gasteiger partial charge in [-0.25, -0.2) is 4.79 Å². The molecule has 1 aromatic heterocycles. The molecule has 1 fully saturated rings. The Morgan fingerprint density at radius 3 is 2.33 bits per heavy atom. The van der Waals surface area contributed by atoms with E-state index in [4.69, 9.17) is 10.5 Å². The summed E-state index contributed by atoms with van der Waals surface area (Å²) in [5, 5.41) is 17.7. The number of Topliss-reactive ketones (excluding diaryl/α,β-unsaturated/α-hetero) is 1. The van der Waals surface area contributed by atoms with Crippen molar-refractivity contribution in [3.63, 3.8) is 0 Å². The Hall–Kier alpha value is -4.28. The fraction of sp³-hybridized carbons (Fsp3) is 0.429. The molecule has 5 N–H and O–H groups in total. The van der Waals surface area contributed by atoms with E-state index in [0.717, 1.165) is 11.1 Å². The summed E-state index contributed by atoms with van der Waals surface area (Å²) in [6.07, 6.45) is 0.930. The minimum atomic E-state index is -1.21. The number of aryl methyl sites for hydroxylation is 2. The minimum Gasteiger partial charge on any atom is -0.484 e. The van der Waals surface area contributed by atoms with Gasteiger partial charge in [0.1, 0.15) is 18.4 Å². The number of nitrogens with two attached hydrogens (primary N) is 1. The smallest absolute Gasteiger partial charge is 0.318 e. The minimum absolute atomic E-state index is 0.0551. The standard InChI is InChI=1S/C35H45N5O5/c1-22(2)32(40-18-17-38-35(40)44)34(43)39-27(19-25-11-7-5-8-12-25)20-28(41)30(31(36)26-13-9-6-10-14-26)29(42)21-45-33-23(3)15-16-37-24(33)4/h5-16,22,27-28,30-32,41H,17-21,36H2,1-4H3,(H,38,44)(H,39,43)/t27-,28+,30?,31?,32-/m0/s1. The molecule has 45 heavy (non-hydrogen) atoms. The molecule has 0 bridgehead atoms. The summed E-state index contributed by atoms with van der Waals surface area (Å²) >= 11 is 0. The van der Waals surface area contributed by atoms with Gasteiger partial charge in [-0.3, -0.25) is 14.6 Å². The third-order valence-electron chi connectivity index (χ3n) is 8.32. The molecule has 240 valence electrons. The van der Waals surface area contributed by atoms with Crippen LogP contribution in [0.4, 0.5) is 4.79 Å². The van der Waals surface area contributed by atoms with Crippen molar-refractivity contribution in [2.24, 2.45) is 17.6 Å². The number of amides is 3. The first-order valence-electron chi connectivity index (χ1n) is 15.5. The second-order valence-electron chi connectivity index (χ2n) is 12.1. The zero-order valence-electron chi connectivity index (χ0n) is 26.5. The van der Waals surface area contributed by atoms with Crippen LogP contribution >= 0.6 is 0 Å². The molecule has 3 amide bonds. The van der Waals surface area contributed by atoms with Gasteiger partial charge in [0.25, 0.3) is 0 Å². The number of carbonyl (C=O) groups excluding carboxylic acids is 3. The third kappa shape index (κ3) is 8.67. The maximum absolute atomic E-state index is 13.8. The number of carbonyl (C=O) groups is 3. The van der Waals surface area contributed by atoms with Crippen molar-refractivity contribution in [1.29, 1.82) is 0 Å². The summed E-state index contributed by atoms with van der Waals surface area (Å²) < 4.78 is 5.94. The van der Waals surface area contributed by atoms with E-state index in [1.807, 2.05) is 94.4 Å². The molecule has 10 heteroatoms. The highest BCUT2D eigenvalue weighted by Gasteiger charge is 2.38. The van der Waals surface area contributed by atoms with Crippen LogP contribution in [0.1, 0.15) is 48.7 Å². The van der Waals surface area contributed by atoms with E-state index in [9.17, 15) is 19.5 Å². The number of aliphatic hydroxyl groups is 1. The molecule has 0 spiro atoms. The fourth-order valence-corrected chi connectivity index (χ4v) is 6.05. The SMILES string of the molecule is Cc1ccnc(C)c1OCC(=O)C(C(N)c1ccccc1)[C@H](O)C[C@H](Cc1ccccc1)NC(=O)[C@H](C(C)C)N1CCNC1=O. The number of nitrogens with zero attached hydrogens (tertiary/aromatic N) is 2. The van der Waals surface area contributed by atoms with Crippen LogP contribution in [-0.4, -0.2) is 70.6 Å². The van der Waals surface area contributed by atoms with Gasteiger partial charge >= 0.3 is 6.03 Å². The van der Waals surface area contributed by atoms with Crippen LogP contribution in [0.3, 0.4) is 0 Å². The number of hydrogen-bond donors (Lipinski definition) is 4. The maximum Gasteiger partial charge on any atom is 0.318 e.